The molecule has 1 atom stereocenters. The van der Waals surface area contributed by atoms with Crippen LogP contribution in [0.2, 0.25) is 0 Å². The molecule has 118 valence electrons. The Morgan fingerprint density at radius 3 is 2.86 bits per heavy atom. The molecule has 1 fully saturated rings. The average molecular weight is 292 g/mol. The second kappa shape index (κ2) is 7.14. The summed E-state index contributed by atoms with van der Waals surface area (Å²) in [4.78, 5) is 2.40. The molecule has 0 radical (unpaired) electrons. The minimum atomic E-state index is 0.150. The van der Waals surface area contributed by atoms with Gasteiger partial charge in [0.05, 0.1) is 6.61 Å². The highest BCUT2D eigenvalue weighted by molar-refractivity contribution is 5.55. The van der Waals surface area contributed by atoms with E-state index >= 15 is 0 Å². The summed E-state index contributed by atoms with van der Waals surface area (Å²) >= 11 is 0. The predicted octanol–water partition coefficient (Wildman–Crippen LogP) is 2.80. The molecular weight excluding hydrogens is 264 g/mol. The van der Waals surface area contributed by atoms with Gasteiger partial charge in [-0.05, 0) is 42.6 Å². The molecule has 21 heavy (non-hydrogen) atoms. The molecule has 1 unspecified atom stereocenters. The number of nitrogens with zero attached hydrogens (tertiary/aromatic N) is 1. The van der Waals surface area contributed by atoms with Gasteiger partial charge in [0, 0.05) is 18.8 Å². The van der Waals surface area contributed by atoms with E-state index in [0.717, 1.165) is 43.2 Å². The maximum atomic E-state index is 6.06. The summed E-state index contributed by atoms with van der Waals surface area (Å²) in [6.45, 7) is 12.9. The van der Waals surface area contributed by atoms with Gasteiger partial charge in [-0.15, -0.1) is 0 Å². The van der Waals surface area contributed by atoms with E-state index in [2.05, 4.69) is 25.7 Å². The summed E-state index contributed by atoms with van der Waals surface area (Å²) in [5.74, 6) is 1.33. The Morgan fingerprint density at radius 2 is 2.19 bits per heavy atom. The lowest BCUT2D eigenvalue weighted by Crippen LogP contribution is -2.44. The molecule has 0 aliphatic carbocycles. The largest absolute Gasteiger partial charge is 0.491 e. The third-order valence-corrected chi connectivity index (χ3v) is 4.12. The van der Waals surface area contributed by atoms with Crippen molar-refractivity contribution in [2.45, 2.75) is 39.7 Å². The SMILES string of the molecule is CCN1CCOC(COc2cc(C)c(N)cc2C(C)C)C1. The van der Waals surface area contributed by atoms with E-state index in [1.165, 1.54) is 5.56 Å². The Hall–Kier alpha value is -1.26. The highest BCUT2D eigenvalue weighted by Gasteiger charge is 2.20. The molecule has 1 aliphatic rings. The van der Waals surface area contributed by atoms with Crippen LogP contribution in [0.15, 0.2) is 12.1 Å². The Labute approximate surface area is 128 Å². The quantitative estimate of drug-likeness (QED) is 0.848. The number of nitrogen functional groups attached to an aromatic ring is 1. The second-order valence-corrected chi connectivity index (χ2v) is 6.10. The smallest absolute Gasteiger partial charge is 0.123 e. The number of rotatable bonds is 5. The van der Waals surface area contributed by atoms with Crippen molar-refractivity contribution in [3.05, 3.63) is 23.3 Å². The van der Waals surface area contributed by atoms with Gasteiger partial charge in [0.25, 0.3) is 0 Å². The van der Waals surface area contributed by atoms with Crippen LogP contribution in [0.5, 0.6) is 5.75 Å². The van der Waals surface area contributed by atoms with Crippen molar-refractivity contribution in [3.63, 3.8) is 0 Å². The molecule has 1 aliphatic heterocycles. The van der Waals surface area contributed by atoms with E-state index in [4.69, 9.17) is 15.2 Å². The normalized spacial score (nSPS) is 20.0. The zero-order chi connectivity index (χ0) is 15.4. The molecule has 0 spiro atoms. The molecule has 2 rings (SSSR count). The van der Waals surface area contributed by atoms with Crippen molar-refractivity contribution in [2.75, 3.05) is 38.6 Å². The average Bonchev–Trinajstić information content (AvgIpc) is 2.48. The van der Waals surface area contributed by atoms with Crippen molar-refractivity contribution in [3.8, 4) is 5.75 Å². The standard InChI is InChI=1S/C17H28N2O2/c1-5-19-6-7-20-14(10-19)11-21-17-8-13(4)16(18)9-15(17)12(2)3/h8-9,12,14H,5-7,10-11,18H2,1-4H3. The van der Waals surface area contributed by atoms with E-state index < -0.39 is 0 Å². The van der Waals surface area contributed by atoms with Gasteiger partial charge in [-0.3, -0.25) is 4.90 Å². The van der Waals surface area contributed by atoms with Gasteiger partial charge in [0.15, 0.2) is 0 Å². The maximum Gasteiger partial charge on any atom is 0.123 e. The first-order valence-electron chi connectivity index (χ1n) is 7.88. The molecule has 1 aromatic rings. The van der Waals surface area contributed by atoms with Gasteiger partial charge < -0.3 is 15.2 Å². The van der Waals surface area contributed by atoms with Gasteiger partial charge in [-0.1, -0.05) is 20.8 Å². The maximum absolute atomic E-state index is 6.06. The van der Waals surface area contributed by atoms with Gasteiger partial charge in [0.1, 0.15) is 18.5 Å². The Bertz CT molecular complexity index is 474. The zero-order valence-corrected chi connectivity index (χ0v) is 13.7. The summed E-state index contributed by atoms with van der Waals surface area (Å²) in [5.41, 5.74) is 9.08. The van der Waals surface area contributed by atoms with E-state index in [0.29, 0.717) is 12.5 Å². The third-order valence-electron chi connectivity index (χ3n) is 4.12. The van der Waals surface area contributed by atoms with Gasteiger partial charge in [-0.2, -0.15) is 0 Å². The van der Waals surface area contributed by atoms with E-state index in [1.807, 2.05) is 19.1 Å². The molecule has 1 heterocycles. The van der Waals surface area contributed by atoms with Crippen molar-refractivity contribution in [1.82, 2.24) is 4.90 Å². The van der Waals surface area contributed by atoms with E-state index in [-0.39, 0.29) is 6.10 Å². The molecular formula is C17H28N2O2. The molecule has 1 aromatic carbocycles. The molecule has 0 amide bonds. The second-order valence-electron chi connectivity index (χ2n) is 6.10. The number of morpholine rings is 1. The van der Waals surface area contributed by atoms with Crippen LogP contribution in [0, 0.1) is 6.92 Å². The molecule has 1 saturated heterocycles. The topological polar surface area (TPSA) is 47.7 Å². The Kier molecular flexibility index (Phi) is 5.48. The molecule has 0 aromatic heterocycles. The molecule has 0 saturated carbocycles. The fourth-order valence-corrected chi connectivity index (χ4v) is 2.64. The van der Waals surface area contributed by atoms with Crippen LogP contribution in [0.25, 0.3) is 0 Å². The first-order chi connectivity index (χ1) is 10.0. The summed E-state index contributed by atoms with van der Waals surface area (Å²) < 4.78 is 11.9. The molecule has 2 N–H and O–H groups in total. The predicted molar refractivity (Wildman–Crippen MR) is 87.0 cm³/mol. The van der Waals surface area contributed by atoms with Crippen LogP contribution in [-0.4, -0.2) is 43.9 Å². The van der Waals surface area contributed by atoms with Crippen molar-refractivity contribution >= 4 is 5.69 Å². The number of benzene rings is 1. The third kappa shape index (κ3) is 4.11. The van der Waals surface area contributed by atoms with Crippen molar-refractivity contribution in [1.29, 1.82) is 0 Å². The zero-order valence-electron chi connectivity index (χ0n) is 13.7. The van der Waals surface area contributed by atoms with Gasteiger partial charge >= 0.3 is 0 Å². The number of likely N-dealkylation sites (N-methyl/N-ethyl adjacent to an activating group) is 1. The lowest BCUT2D eigenvalue weighted by Gasteiger charge is -2.32. The minimum absolute atomic E-state index is 0.150. The van der Waals surface area contributed by atoms with Crippen LogP contribution >= 0.6 is 0 Å². The van der Waals surface area contributed by atoms with Crippen LogP contribution in [0.1, 0.15) is 37.8 Å². The van der Waals surface area contributed by atoms with Crippen LogP contribution in [0.3, 0.4) is 0 Å². The van der Waals surface area contributed by atoms with Gasteiger partial charge in [-0.25, -0.2) is 0 Å². The van der Waals surface area contributed by atoms with Crippen LogP contribution in [-0.2, 0) is 4.74 Å². The van der Waals surface area contributed by atoms with Crippen LogP contribution in [0.4, 0.5) is 5.69 Å². The van der Waals surface area contributed by atoms with Crippen molar-refractivity contribution in [2.24, 2.45) is 0 Å². The molecule has 0 bridgehead atoms. The number of hydrogen-bond donors (Lipinski definition) is 1. The Balaban J connectivity index is 2.04. The lowest BCUT2D eigenvalue weighted by atomic mass is 9.99. The monoisotopic (exact) mass is 292 g/mol. The fourth-order valence-electron chi connectivity index (χ4n) is 2.64. The number of aryl methyl sites for hydroxylation is 1. The lowest BCUT2D eigenvalue weighted by molar-refractivity contribution is -0.0465. The van der Waals surface area contributed by atoms with E-state index in [1.54, 1.807) is 0 Å². The minimum Gasteiger partial charge on any atom is -0.491 e. The summed E-state index contributed by atoms with van der Waals surface area (Å²) in [7, 11) is 0. The number of ether oxygens (including phenoxy) is 2. The molecule has 4 heteroatoms. The number of nitrogens with two attached hydrogens (primary N) is 1. The fraction of sp³-hybridized carbons (Fsp3) is 0.647. The van der Waals surface area contributed by atoms with Crippen LogP contribution < -0.4 is 10.5 Å². The van der Waals surface area contributed by atoms with Crippen molar-refractivity contribution < 1.29 is 9.47 Å². The summed E-state index contributed by atoms with van der Waals surface area (Å²) in [5, 5.41) is 0. The first-order valence-corrected chi connectivity index (χ1v) is 7.88. The number of hydrogen-bond acceptors (Lipinski definition) is 4. The Morgan fingerprint density at radius 1 is 1.43 bits per heavy atom. The van der Waals surface area contributed by atoms with E-state index in [9.17, 15) is 0 Å². The number of anilines is 1. The first kappa shape index (κ1) is 16.1. The summed E-state index contributed by atoms with van der Waals surface area (Å²) in [6.07, 6.45) is 0.150. The summed E-state index contributed by atoms with van der Waals surface area (Å²) in [6, 6.07) is 4.08. The highest BCUT2D eigenvalue weighted by Crippen LogP contribution is 2.31. The molecule has 4 nitrogen and oxygen atoms in total. The van der Waals surface area contributed by atoms with Gasteiger partial charge in [0.2, 0.25) is 0 Å². The highest BCUT2D eigenvalue weighted by atomic mass is 16.5.